The molecular formula is C7H4Cl2N2. The fraction of sp³-hybridized carbons (Fsp3) is 0.143. The number of nitrogens with zero attached hydrogens (tertiary/aromatic N) is 2. The van der Waals surface area contributed by atoms with Crippen LogP contribution in [0.15, 0.2) is 18.5 Å². The second-order valence-corrected chi connectivity index (χ2v) is 3.02. The highest BCUT2D eigenvalue weighted by Crippen LogP contribution is 2.23. The summed E-state index contributed by atoms with van der Waals surface area (Å²) in [6.07, 6.45) is 2.99. The Morgan fingerprint density at radius 1 is 1.45 bits per heavy atom. The third kappa shape index (κ3) is 2.07. The molecule has 1 heterocycles. The van der Waals surface area contributed by atoms with Crippen LogP contribution in [0.4, 0.5) is 0 Å². The van der Waals surface area contributed by atoms with Crippen molar-refractivity contribution in [3.8, 4) is 6.07 Å². The molecule has 0 saturated heterocycles. The van der Waals surface area contributed by atoms with Gasteiger partial charge in [-0.1, -0.05) is 0 Å². The Morgan fingerprint density at radius 3 is 2.73 bits per heavy atom. The molecule has 0 atom stereocenters. The standard InChI is InChI=1S/C7H4Cl2N2/c8-7(9)6-1-5(2-10)3-11-4-6/h1,3-4,7H. The number of aromatic nitrogens is 1. The summed E-state index contributed by atoms with van der Waals surface area (Å²) in [6, 6.07) is 3.55. The number of rotatable bonds is 1. The molecule has 0 N–H and O–H groups in total. The van der Waals surface area contributed by atoms with Crippen LogP contribution in [0.2, 0.25) is 0 Å². The minimum absolute atomic E-state index is 0.466. The van der Waals surface area contributed by atoms with Gasteiger partial charge in [0.15, 0.2) is 0 Å². The SMILES string of the molecule is N#Cc1cncc(C(Cl)Cl)c1. The molecule has 11 heavy (non-hydrogen) atoms. The zero-order valence-corrected chi connectivity index (χ0v) is 6.97. The minimum Gasteiger partial charge on any atom is -0.263 e. The van der Waals surface area contributed by atoms with Crippen LogP contribution in [0.25, 0.3) is 0 Å². The highest BCUT2D eigenvalue weighted by molar-refractivity contribution is 6.44. The van der Waals surface area contributed by atoms with E-state index in [1.807, 2.05) is 6.07 Å². The first kappa shape index (κ1) is 8.32. The van der Waals surface area contributed by atoms with Gasteiger partial charge in [0.1, 0.15) is 10.9 Å². The van der Waals surface area contributed by atoms with Crippen LogP contribution in [-0.4, -0.2) is 4.98 Å². The fourth-order valence-electron chi connectivity index (χ4n) is 0.638. The molecule has 56 valence electrons. The lowest BCUT2D eigenvalue weighted by molar-refractivity contribution is 1.21. The van der Waals surface area contributed by atoms with E-state index < -0.39 is 4.84 Å². The summed E-state index contributed by atoms with van der Waals surface area (Å²) in [5.41, 5.74) is 1.11. The molecule has 0 amide bonds. The van der Waals surface area contributed by atoms with Crippen LogP contribution < -0.4 is 0 Å². The van der Waals surface area contributed by atoms with Crippen LogP contribution >= 0.6 is 23.2 Å². The van der Waals surface area contributed by atoms with E-state index in [1.54, 1.807) is 6.07 Å². The third-order valence-electron chi connectivity index (χ3n) is 1.14. The second kappa shape index (κ2) is 3.56. The van der Waals surface area contributed by atoms with E-state index in [9.17, 15) is 0 Å². The third-order valence-corrected chi connectivity index (χ3v) is 1.64. The molecule has 0 aromatic carbocycles. The molecule has 0 fully saturated rings. The van der Waals surface area contributed by atoms with Gasteiger partial charge in [0.25, 0.3) is 0 Å². The Balaban J connectivity index is 3.03. The Kier molecular flexibility index (Phi) is 2.70. The lowest BCUT2D eigenvalue weighted by Gasteiger charge is -1.98. The maximum absolute atomic E-state index is 8.47. The Bertz CT molecular complexity index is 291. The van der Waals surface area contributed by atoms with Crippen molar-refractivity contribution in [1.29, 1.82) is 5.26 Å². The first-order chi connectivity index (χ1) is 5.24. The zero-order chi connectivity index (χ0) is 8.27. The maximum Gasteiger partial charge on any atom is 0.134 e. The van der Waals surface area contributed by atoms with Crippen molar-refractivity contribution in [3.05, 3.63) is 29.6 Å². The van der Waals surface area contributed by atoms with Crippen molar-refractivity contribution in [1.82, 2.24) is 4.98 Å². The van der Waals surface area contributed by atoms with Gasteiger partial charge in [-0.05, 0) is 6.07 Å². The molecule has 0 aliphatic carbocycles. The first-order valence-corrected chi connectivity index (χ1v) is 3.74. The largest absolute Gasteiger partial charge is 0.263 e. The molecule has 1 rings (SSSR count). The molecule has 0 aliphatic heterocycles. The van der Waals surface area contributed by atoms with E-state index in [0.29, 0.717) is 11.1 Å². The van der Waals surface area contributed by atoms with E-state index in [2.05, 4.69) is 4.98 Å². The molecule has 0 radical (unpaired) electrons. The lowest BCUT2D eigenvalue weighted by Crippen LogP contribution is -1.85. The Morgan fingerprint density at radius 2 is 2.18 bits per heavy atom. The van der Waals surface area contributed by atoms with Crippen LogP contribution in [0, 0.1) is 11.3 Å². The number of halogens is 2. The number of pyridine rings is 1. The van der Waals surface area contributed by atoms with Gasteiger partial charge in [-0.25, -0.2) is 0 Å². The molecule has 1 aromatic heterocycles. The topological polar surface area (TPSA) is 36.7 Å². The van der Waals surface area contributed by atoms with E-state index in [1.165, 1.54) is 12.4 Å². The van der Waals surface area contributed by atoms with E-state index in [-0.39, 0.29) is 0 Å². The van der Waals surface area contributed by atoms with Gasteiger partial charge in [-0.15, -0.1) is 23.2 Å². The Hall–Kier alpha value is -0.780. The predicted octanol–water partition coefficient (Wildman–Crippen LogP) is 2.43. The number of hydrogen-bond acceptors (Lipinski definition) is 2. The lowest BCUT2D eigenvalue weighted by atomic mass is 10.2. The minimum atomic E-state index is -0.615. The summed E-state index contributed by atoms with van der Waals surface area (Å²) in [5, 5.41) is 8.47. The zero-order valence-electron chi connectivity index (χ0n) is 5.46. The molecule has 2 nitrogen and oxygen atoms in total. The predicted molar refractivity (Wildman–Crippen MR) is 43.4 cm³/mol. The average molecular weight is 187 g/mol. The van der Waals surface area contributed by atoms with Crippen molar-refractivity contribution in [2.24, 2.45) is 0 Å². The van der Waals surface area contributed by atoms with Crippen molar-refractivity contribution in [2.75, 3.05) is 0 Å². The van der Waals surface area contributed by atoms with E-state index in [4.69, 9.17) is 28.5 Å². The summed E-state index contributed by atoms with van der Waals surface area (Å²) < 4.78 is 0. The van der Waals surface area contributed by atoms with Gasteiger partial charge in [0.2, 0.25) is 0 Å². The average Bonchev–Trinajstić information content (AvgIpc) is 2.05. The smallest absolute Gasteiger partial charge is 0.134 e. The molecule has 4 heteroatoms. The highest BCUT2D eigenvalue weighted by atomic mass is 35.5. The van der Waals surface area contributed by atoms with Crippen molar-refractivity contribution < 1.29 is 0 Å². The summed E-state index contributed by atoms with van der Waals surface area (Å²) in [5.74, 6) is 0. The molecule has 0 unspecified atom stereocenters. The molecular weight excluding hydrogens is 183 g/mol. The van der Waals surface area contributed by atoms with Crippen molar-refractivity contribution in [2.45, 2.75) is 4.84 Å². The van der Waals surface area contributed by atoms with Gasteiger partial charge >= 0.3 is 0 Å². The molecule has 0 spiro atoms. The molecule has 0 bridgehead atoms. The summed E-state index contributed by atoms with van der Waals surface area (Å²) >= 11 is 11.1. The molecule has 0 aliphatic rings. The van der Waals surface area contributed by atoms with Gasteiger partial charge in [0.05, 0.1) is 5.56 Å². The Labute approximate surface area is 74.4 Å². The summed E-state index contributed by atoms with van der Waals surface area (Å²) in [4.78, 5) is 3.17. The summed E-state index contributed by atoms with van der Waals surface area (Å²) in [7, 11) is 0. The van der Waals surface area contributed by atoms with Crippen LogP contribution in [-0.2, 0) is 0 Å². The quantitative estimate of drug-likeness (QED) is 0.633. The maximum atomic E-state index is 8.47. The number of hydrogen-bond donors (Lipinski definition) is 0. The monoisotopic (exact) mass is 186 g/mol. The van der Waals surface area contributed by atoms with Gasteiger partial charge in [-0.3, -0.25) is 4.98 Å². The number of nitriles is 1. The normalized spacial score (nSPS) is 9.64. The van der Waals surface area contributed by atoms with Crippen LogP contribution in [0.5, 0.6) is 0 Å². The fourth-order valence-corrected chi connectivity index (χ4v) is 0.877. The van der Waals surface area contributed by atoms with Crippen LogP contribution in [0.1, 0.15) is 16.0 Å². The van der Waals surface area contributed by atoms with Gasteiger partial charge in [-0.2, -0.15) is 5.26 Å². The van der Waals surface area contributed by atoms with E-state index >= 15 is 0 Å². The second-order valence-electron chi connectivity index (χ2n) is 1.92. The number of alkyl halides is 2. The molecule has 1 aromatic rings. The van der Waals surface area contributed by atoms with E-state index in [0.717, 1.165) is 0 Å². The van der Waals surface area contributed by atoms with Crippen molar-refractivity contribution in [3.63, 3.8) is 0 Å². The van der Waals surface area contributed by atoms with Crippen molar-refractivity contribution >= 4 is 23.2 Å². The summed E-state index contributed by atoms with van der Waals surface area (Å²) in [6.45, 7) is 0. The highest BCUT2D eigenvalue weighted by Gasteiger charge is 2.03. The van der Waals surface area contributed by atoms with Crippen LogP contribution in [0.3, 0.4) is 0 Å². The van der Waals surface area contributed by atoms with Gasteiger partial charge < -0.3 is 0 Å². The first-order valence-electron chi connectivity index (χ1n) is 2.87. The molecule has 0 saturated carbocycles. The van der Waals surface area contributed by atoms with Gasteiger partial charge in [0, 0.05) is 18.0 Å².